The molecular formula is C24H21ClN2O2. The van der Waals surface area contributed by atoms with Gasteiger partial charge in [-0.25, -0.2) is 4.79 Å². The number of ether oxygens (including phenoxy) is 1. The molecule has 1 aromatic heterocycles. The van der Waals surface area contributed by atoms with Crippen molar-refractivity contribution in [3.05, 3.63) is 94.8 Å². The molecule has 0 radical (unpaired) electrons. The molecule has 1 amide bonds. The summed E-state index contributed by atoms with van der Waals surface area (Å²) in [6.07, 6.45) is 7.52. The Morgan fingerprint density at radius 2 is 1.76 bits per heavy atom. The third-order valence-corrected chi connectivity index (χ3v) is 5.17. The number of nitrogens with zero attached hydrogens (tertiary/aromatic N) is 1. The molecule has 0 bridgehead atoms. The number of carbonyl (C=O) groups excluding carboxylic acids is 1. The standard InChI is InChI=1S/C24H21ClN2O2/c25-18-13-17(14-26-15-18)7-5-6-12-27-24(28)29-16-23-21-10-3-1-8-19(21)20-9-2-4-11-22(20)23/h1-5,7-11,13-15,23H,6,12,16H2,(H,27,28). The topological polar surface area (TPSA) is 51.2 Å². The van der Waals surface area contributed by atoms with E-state index < -0.39 is 6.09 Å². The number of rotatable bonds is 6. The number of amides is 1. The summed E-state index contributed by atoms with van der Waals surface area (Å²) < 4.78 is 5.52. The Balaban J connectivity index is 1.28. The zero-order valence-electron chi connectivity index (χ0n) is 15.8. The van der Waals surface area contributed by atoms with Gasteiger partial charge in [-0.2, -0.15) is 0 Å². The molecule has 0 saturated heterocycles. The highest BCUT2D eigenvalue weighted by atomic mass is 35.5. The van der Waals surface area contributed by atoms with Gasteiger partial charge in [-0.3, -0.25) is 4.98 Å². The monoisotopic (exact) mass is 404 g/mol. The van der Waals surface area contributed by atoms with E-state index >= 15 is 0 Å². The van der Waals surface area contributed by atoms with Crippen LogP contribution in [0.4, 0.5) is 4.79 Å². The Morgan fingerprint density at radius 1 is 1.07 bits per heavy atom. The molecule has 3 aromatic rings. The molecule has 0 aliphatic heterocycles. The van der Waals surface area contributed by atoms with E-state index in [4.69, 9.17) is 16.3 Å². The molecule has 2 aromatic carbocycles. The molecule has 1 heterocycles. The molecule has 1 aliphatic carbocycles. The van der Waals surface area contributed by atoms with Crippen molar-refractivity contribution >= 4 is 23.8 Å². The first kappa shape index (κ1) is 19.2. The summed E-state index contributed by atoms with van der Waals surface area (Å²) in [6.45, 7) is 0.824. The second-order valence-electron chi connectivity index (χ2n) is 6.88. The zero-order chi connectivity index (χ0) is 20.1. The smallest absolute Gasteiger partial charge is 0.407 e. The van der Waals surface area contributed by atoms with E-state index in [0.717, 1.165) is 5.56 Å². The molecule has 0 atom stereocenters. The van der Waals surface area contributed by atoms with Crippen LogP contribution >= 0.6 is 11.6 Å². The van der Waals surface area contributed by atoms with Crippen LogP contribution in [0.2, 0.25) is 5.02 Å². The largest absolute Gasteiger partial charge is 0.449 e. The van der Waals surface area contributed by atoms with Crippen LogP contribution in [-0.2, 0) is 4.74 Å². The number of carbonyl (C=O) groups is 1. The van der Waals surface area contributed by atoms with Gasteiger partial charge in [-0.1, -0.05) is 72.3 Å². The van der Waals surface area contributed by atoms with Gasteiger partial charge in [-0.15, -0.1) is 0 Å². The second-order valence-corrected chi connectivity index (χ2v) is 7.32. The molecule has 1 aliphatic rings. The summed E-state index contributed by atoms with van der Waals surface area (Å²) in [4.78, 5) is 16.1. The fraction of sp³-hybridized carbons (Fsp3) is 0.167. The quantitative estimate of drug-likeness (QED) is 0.538. The predicted molar refractivity (Wildman–Crippen MR) is 116 cm³/mol. The Bertz CT molecular complexity index is 1000. The molecule has 4 nitrogen and oxygen atoms in total. The van der Waals surface area contributed by atoms with Crippen molar-refractivity contribution in [2.45, 2.75) is 12.3 Å². The van der Waals surface area contributed by atoms with Crippen LogP contribution < -0.4 is 5.32 Å². The Labute approximate surface area is 175 Å². The number of fused-ring (bicyclic) bond motifs is 3. The molecule has 29 heavy (non-hydrogen) atoms. The average Bonchev–Trinajstić information content (AvgIpc) is 3.06. The Morgan fingerprint density at radius 3 is 2.45 bits per heavy atom. The lowest BCUT2D eigenvalue weighted by molar-refractivity contribution is 0.143. The molecule has 0 unspecified atom stereocenters. The van der Waals surface area contributed by atoms with E-state index in [-0.39, 0.29) is 5.92 Å². The maximum Gasteiger partial charge on any atom is 0.407 e. The lowest BCUT2D eigenvalue weighted by Crippen LogP contribution is -2.26. The van der Waals surface area contributed by atoms with E-state index in [1.807, 2.05) is 42.5 Å². The molecule has 5 heteroatoms. The summed E-state index contributed by atoms with van der Waals surface area (Å²) in [5.74, 6) is 0.0726. The van der Waals surface area contributed by atoms with E-state index in [0.29, 0.717) is 24.6 Å². The van der Waals surface area contributed by atoms with Gasteiger partial charge in [0.25, 0.3) is 0 Å². The number of alkyl carbamates (subject to hydrolysis) is 1. The summed E-state index contributed by atoms with van der Waals surface area (Å²) in [7, 11) is 0. The molecular weight excluding hydrogens is 384 g/mol. The zero-order valence-corrected chi connectivity index (χ0v) is 16.6. The highest BCUT2D eigenvalue weighted by Gasteiger charge is 2.28. The van der Waals surface area contributed by atoms with Crippen LogP contribution in [0, 0.1) is 0 Å². The maximum atomic E-state index is 12.1. The molecule has 0 spiro atoms. The lowest BCUT2D eigenvalue weighted by atomic mass is 9.98. The number of halogens is 1. The van der Waals surface area contributed by atoms with Crippen molar-refractivity contribution < 1.29 is 9.53 Å². The van der Waals surface area contributed by atoms with Gasteiger partial charge in [0, 0.05) is 24.9 Å². The molecule has 4 rings (SSSR count). The molecule has 0 saturated carbocycles. The number of hydrogen-bond donors (Lipinski definition) is 1. The first-order valence-electron chi connectivity index (χ1n) is 9.58. The summed E-state index contributed by atoms with van der Waals surface area (Å²) in [5, 5.41) is 3.40. The van der Waals surface area contributed by atoms with Gasteiger partial charge >= 0.3 is 6.09 Å². The van der Waals surface area contributed by atoms with Crippen LogP contribution in [0.3, 0.4) is 0 Å². The number of pyridine rings is 1. The number of aromatic nitrogens is 1. The van der Waals surface area contributed by atoms with Gasteiger partial charge < -0.3 is 10.1 Å². The third-order valence-electron chi connectivity index (χ3n) is 4.96. The summed E-state index contributed by atoms with van der Waals surface area (Å²) >= 11 is 5.91. The van der Waals surface area contributed by atoms with Crippen molar-refractivity contribution in [1.82, 2.24) is 10.3 Å². The van der Waals surface area contributed by atoms with Gasteiger partial charge in [0.15, 0.2) is 0 Å². The van der Waals surface area contributed by atoms with Gasteiger partial charge in [0.05, 0.1) is 5.02 Å². The normalized spacial score (nSPS) is 12.6. The minimum Gasteiger partial charge on any atom is -0.449 e. The first-order chi connectivity index (χ1) is 14.2. The van der Waals surface area contributed by atoms with Crippen LogP contribution in [0.1, 0.15) is 29.0 Å². The predicted octanol–water partition coefficient (Wildman–Crippen LogP) is 5.68. The summed E-state index contributed by atoms with van der Waals surface area (Å²) in [5.41, 5.74) is 5.79. The molecule has 146 valence electrons. The van der Waals surface area contributed by atoms with Gasteiger partial charge in [0.2, 0.25) is 0 Å². The second kappa shape index (κ2) is 8.93. The first-order valence-corrected chi connectivity index (χ1v) is 9.96. The van der Waals surface area contributed by atoms with E-state index in [1.54, 1.807) is 12.4 Å². The Kier molecular flexibility index (Phi) is 5.92. The number of benzene rings is 2. The summed E-state index contributed by atoms with van der Waals surface area (Å²) in [6, 6.07) is 18.4. The van der Waals surface area contributed by atoms with Gasteiger partial charge in [0.1, 0.15) is 6.61 Å². The van der Waals surface area contributed by atoms with Crippen LogP contribution in [0.25, 0.3) is 17.2 Å². The van der Waals surface area contributed by atoms with Crippen molar-refractivity contribution in [3.8, 4) is 11.1 Å². The van der Waals surface area contributed by atoms with E-state index in [9.17, 15) is 4.79 Å². The van der Waals surface area contributed by atoms with Crippen LogP contribution in [0.15, 0.2) is 73.1 Å². The van der Waals surface area contributed by atoms with Gasteiger partial charge in [-0.05, 0) is 40.3 Å². The highest BCUT2D eigenvalue weighted by Crippen LogP contribution is 2.44. The minimum absolute atomic E-state index is 0.0726. The SMILES string of the molecule is O=C(NCCC=Cc1cncc(Cl)c1)OCC1c2ccccc2-c2ccccc21. The third kappa shape index (κ3) is 4.49. The van der Waals surface area contributed by atoms with Crippen molar-refractivity contribution in [2.75, 3.05) is 13.2 Å². The van der Waals surface area contributed by atoms with Crippen molar-refractivity contribution in [3.63, 3.8) is 0 Å². The van der Waals surface area contributed by atoms with E-state index in [2.05, 4.69) is 34.6 Å². The maximum absolute atomic E-state index is 12.1. The highest BCUT2D eigenvalue weighted by molar-refractivity contribution is 6.30. The minimum atomic E-state index is -0.398. The average molecular weight is 405 g/mol. The number of hydrogen-bond acceptors (Lipinski definition) is 3. The number of nitrogens with one attached hydrogen (secondary N) is 1. The fourth-order valence-corrected chi connectivity index (χ4v) is 3.83. The van der Waals surface area contributed by atoms with E-state index in [1.165, 1.54) is 22.3 Å². The molecule has 1 N–H and O–H groups in total. The molecule has 0 fully saturated rings. The van der Waals surface area contributed by atoms with Crippen LogP contribution in [0.5, 0.6) is 0 Å². The lowest BCUT2D eigenvalue weighted by Gasteiger charge is -2.14. The van der Waals surface area contributed by atoms with Crippen molar-refractivity contribution in [1.29, 1.82) is 0 Å². The van der Waals surface area contributed by atoms with Crippen molar-refractivity contribution in [2.24, 2.45) is 0 Å². The fourth-order valence-electron chi connectivity index (χ4n) is 3.65. The Hall–Kier alpha value is -3.11. The van der Waals surface area contributed by atoms with Crippen LogP contribution in [-0.4, -0.2) is 24.2 Å².